The summed E-state index contributed by atoms with van der Waals surface area (Å²) in [5, 5.41) is 0. The van der Waals surface area contributed by atoms with Gasteiger partial charge in [0.1, 0.15) is 8.80 Å². The van der Waals surface area contributed by atoms with E-state index in [1.165, 1.54) is 0 Å². The summed E-state index contributed by atoms with van der Waals surface area (Å²) in [6.07, 6.45) is 1.70. The summed E-state index contributed by atoms with van der Waals surface area (Å²) < 4.78 is 2.71. The standard InChI is InChI=1S/C4H4ClIN2/c5-3-4(7)8-2-1-6-3/h1-2H,(H2,7,8). The van der Waals surface area contributed by atoms with E-state index in [4.69, 9.17) is 17.3 Å². The molecule has 44 valence electrons. The van der Waals surface area contributed by atoms with Crippen LogP contribution in [0.3, 0.4) is 0 Å². The van der Waals surface area contributed by atoms with Crippen LogP contribution in [-0.4, -0.2) is 8.80 Å². The second-order valence-corrected chi connectivity index (χ2v) is 4.60. The van der Waals surface area contributed by atoms with Crippen LogP contribution in [0.1, 0.15) is 0 Å². The molecule has 0 aromatic carbocycles. The summed E-state index contributed by atoms with van der Waals surface area (Å²) in [4.78, 5) is 3.78. The summed E-state index contributed by atoms with van der Waals surface area (Å²) in [6, 6.07) is 0. The zero-order valence-electron chi connectivity index (χ0n) is 3.94. The van der Waals surface area contributed by atoms with Crippen LogP contribution in [0.5, 0.6) is 0 Å². The first-order valence-corrected chi connectivity index (χ1v) is 4.65. The number of amidine groups is 1. The van der Waals surface area contributed by atoms with Gasteiger partial charge in [-0.2, -0.15) is 0 Å². The topological polar surface area (TPSA) is 38.4 Å². The quantitative estimate of drug-likeness (QED) is 0.636. The van der Waals surface area contributed by atoms with Gasteiger partial charge in [-0.25, -0.2) is 4.99 Å². The molecule has 2 nitrogen and oxygen atoms in total. The Balaban J connectivity index is 2.93. The Kier molecular flexibility index (Phi) is 2.01. The molecule has 1 heterocycles. The van der Waals surface area contributed by atoms with Gasteiger partial charge in [-0.3, -0.25) is 0 Å². The molecule has 0 bridgehead atoms. The van der Waals surface area contributed by atoms with E-state index in [0.29, 0.717) is 5.84 Å². The van der Waals surface area contributed by atoms with E-state index in [1.807, 2.05) is 4.08 Å². The van der Waals surface area contributed by atoms with Crippen molar-refractivity contribution in [3.63, 3.8) is 0 Å². The molecule has 0 aromatic rings. The Labute approximate surface area is 62.2 Å². The van der Waals surface area contributed by atoms with Crippen molar-refractivity contribution in [2.45, 2.75) is 0 Å². The first-order valence-electron chi connectivity index (χ1n) is 1.95. The lowest BCUT2D eigenvalue weighted by Gasteiger charge is -1.95. The number of nitrogens with zero attached hydrogens (tertiary/aromatic N) is 1. The first kappa shape index (κ1) is 6.22. The van der Waals surface area contributed by atoms with E-state index in [0.717, 1.165) is 2.97 Å². The molecule has 0 aliphatic carbocycles. The third-order valence-corrected chi connectivity index (χ3v) is 3.15. The highest BCUT2D eigenvalue weighted by molar-refractivity contribution is 14.2. The summed E-state index contributed by atoms with van der Waals surface area (Å²) in [5.41, 5.74) is 5.34. The maximum atomic E-state index is 5.63. The largest absolute Gasteiger partial charge is 0.382 e. The fourth-order valence-corrected chi connectivity index (χ4v) is 1.76. The Hall–Kier alpha value is 0.1000. The molecule has 0 fully saturated rings. The lowest BCUT2D eigenvalue weighted by atomic mass is 10.7. The lowest BCUT2D eigenvalue weighted by Crippen LogP contribution is -2.17. The monoisotopic (exact) mass is 242 g/mol. The highest BCUT2D eigenvalue weighted by Gasteiger charge is 1.97. The molecule has 0 spiro atoms. The Bertz CT molecular complexity index is 162. The van der Waals surface area contributed by atoms with Gasteiger partial charge >= 0.3 is 0 Å². The second-order valence-electron chi connectivity index (χ2n) is 1.16. The highest BCUT2D eigenvalue weighted by atomic mass is 127. The molecule has 0 amide bonds. The highest BCUT2D eigenvalue weighted by Crippen LogP contribution is 2.10. The van der Waals surface area contributed by atoms with Crippen molar-refractivity contribution < 1.29 is 0 Å². The maximum Gasteiger partial charge on any atom is 0.148 e. The molecule has 1 aliphatic rings. The van der Waals surface area contributed by atoms with Crippen LogP contribution in [0.2, 0.25) is 0 Å². The Morgan fingerprint density at radius 1 is 1.75 bits per heavy atom. The van der Waals surface area contributed by atoms with E-state index in [9.17, 15) is 0 Å². The van der Waals surface area contributed by atoms with E-state index in [-0.39, 0.29) is 20.7 Å². The smallest absolute Gasteiger partial charge is 0.148 e. The third-order valence-electron chi connectivity index (χ3n) is 0.622. The van der Waals surface area contributed by atoms with Crippen molar-refractivity contribution in [3.8, 4) is 0 Å². The van der Waals surface area contributed by atoms with Gasteiger partial charge in [0.2, 0.25) is 0 Å². The first-order chi connectivity index (χ1) is 3.80. The fraction of sp³-hybridized carbons (Fsp3) is 0. The molecule has 4 heteroatoms. The molecule has 2 N–H and O–H groups in total. The molecule has 1 aliphatic heterocycles. The zero-order valence-corrected chi connectivity index (χ0v) is 6.85. The third kappa shape index (κ3) is 1.29. The molecular formula is C4H4ClIN2. The number of rotatable bonds is 0. The van der Waals surface area contributed by atoms with Crippen molar-refractivity contribution in [3.05, 3.63) is 10.3 Å². The van der Waals surface area contributed by atoms with Crippen molar-refractivity contribution in [1.82, 2.24) is 0 Å². The van der Waals surface area contributed by atoms with Crippen LogP contribution < -0.4 is 5.73 Å². The molecule has 0 atom stereocenters. The fourth-order valence-electron chi connectivity index (χ4n) is 0.297. The number of nitrogens with two attached hydrogens (primary N) is 1. The molecule has 0 radical (unpaired) electrons. The molecule has 0 saturated heterocycles. The molecule has 0 unspecified atom stereocenters. The van der Waals surface area contributed by atoms with Gasteiger partial charge in [0.25, 0.3) is 0 Å². The average molecular weight is 242 g/mol. The van der Waals surface area contributed by atoms with Gasteiger partial charge in [-0.15, -0.1) is 0 Å². The van der Waals surface area contributed by atoms with Crippen molar-refractivity contribution in [2.75, 3.05) is 0 Å². The minimum Gasteiger partial charge on any atom is -0.382 e. The SMILES string of the molecule is NC1=NC=CI=C1Cl. The normalized spacial score (nSPS) is 18.6. The molecule has 8 heavy (non-hydrogen) atoms. The summed E-state index contributed by atoms with van der Waals surface area (Å²) in [7, 11) is 0. The van der Waals surface area contributed by atoms with Gasteiger partial charge < -0.3 is 5.73 Å². The number of hydrogen-bond acceptors (Lipinski definition) is 2. The van der Waals surface area contributed by atoms with Crippen molar-refractivity contribution >= 4 is 41.1 Å². The van der Waals surface area contributed by atoms with E-state index >= 15 is 0 Å². The van der Waals surface area contributed by atoms with Gasteiger partial charge in [0, 0.05) is 6.20 Å². The van der Waals surface area contributed by atoms with Crippen LogP contribution in [0.15, 0.2) is 15.3 Å². The number of hydrogen-bond donors (Lipinski definition) is 1. The van der Waals surface area contributed by atoms with Crippen molar-refractivity contribution in [1.29, 1.82) is 0 Å². The minimum atomic E-state index is -0.143. The van der Waals surface area contributed by atoms with E-state index < -0.39 is 0 Å². The molecule has 1 rings (SSSR count). The molecular weight excluding hydrogens is 238 g/mol. The van der Waals surface area contributed by atoms with Crippen LogP contribution in [-0.2, 0) is 0 Å². The zero-order chi connectivity index (χ0) is 5.98. The number of aliphatic imine (C=N–C) groups is 1. The van der Waals surface area contributed by atoms with Gasteiger partial charge in [-0.1, -0.05) is 32.3 Å². The number of halogens is 2. The van der Waals surface area contributed by atoms with Crippen LogP contribution in [0.25, 0.3) is 0 Å². The van der Waals surface area contributed by atoms with E-state index in [2.05, 4.69) is 4.99 Å². The van der Waals surface area contributed by atoms with Crippen LogP contribution in [0, 0.1) is 0 Å². The van der Waals surface area contributed by atoms with Crippen LogP contribution >= 0.6 is 32.3 Å². The van der Waals surface area contributed by atoms with Gasteiger partial charge in [-0.05, 0) is 4.08 Å². The Morgan fingerprint density at radius 2 is 2.50 bits per heavy atom. The van der Waals surface area contributed by atoms with E-state index in [1.54, 1.807) is 6.20 Å². The molecule has 0 saturated carbocycles. The maximum absolute atomic E-state index is 5.63. The van der Waals surface area contributed by atoms with Crippen molar-refractivity contribution in [2.24, 2.45) is 10.7 Å². The predicted molar refractivity (Wildman–Crippen MR) is 45.6 cm³/mol. The van der Waals surface area contributed by atoms with Crippen LogP contribution in [0.4, 0.5) is 0 Å². The summed E-state index contributed by atoms with van der Waals surface area (Å²) in [5.74, 6) is 0.488. The second kappa shape index (κ2) is 2.59. The molecule has 0 aromatic heterocycles. The van der Waals surface area contributed by atoms with Gasteiger partial charge in [0.15, 0.2) is 0 Å². The predicted octanol–water partition coefficient (Wildman–Crippen LogP) is 1.17. The van der Waals surface area contributed by atoms with Gasteiger partial charge in [0.05, 0.1) is 0 Å². The average Bonchev–Trinajstić information content (AvgIpc) is 1.77. The Morgan fingerprint density at radius 3 is 2.88 bits per heavy atom. The lowest BCUT2D eigenvalue weighted by molar-refractivity contribution is 1.55. The summed E-state index contributed by atoms with van der Waals surface area (Å²) >= 11 is 5.48. The minimum absolute atomic E-state index is 0.143. The summed E-state index contributed by atoms with van der Waals surface area (Å²) in [6.45, 7) is 0.